The van der Waals surface area contributed by atoms with Crippen molar-refractivity contribution in [2.24, 2.45) is 16.6 Å². The standard InChI is InChI=1S/C23H28N6O4/c1-25-6-4-20(24)29-23(30)16-8-18(32-17-5-7-31-14-17)10-19(9-16)33-22-13-27-21(12-28-22)26-11-15-2-3-15/h4,6,8-10,12-13,15,17,25H,2-3,5,7,11,14H2,1H3,(H,26,27)(H2,24,29,30)/b6-4-/t17-/m0/s1. The second-order valence-electron chi connectivity index (χ2n) is 7.93. The molecule has 0 unspecified atom stereocenters. The van der Waals surface area contributed by atoms with E-state index < -0.39 is 5.91 Å². The zero-order chi connectivity index (χ0) is 23.0. The number of ether oxygens (including phenoxy) is 3. The molecule has 33 heavy (non-hydrogen) atoms. The third kappa shape index (κ3) is 6.91. The topological polar surface area (TPSA) is 133 Å². The summed E-state index contributed by atoms with van der Waals surface area (Å²) in [6, 6.07) is 4.88. The molecule has 10 nitrogen and oxygen atoms in total. The lowest BCUT2D eigenvalue weighted by molar-refractivity contribution is 0.100. The summed E-state index contributed by atoms with van der Waals surface area (Å²) in [5.74, 6) is 2.14. The van der Waals surface area contributed by atoms with Gasteiger partial charge in [0.2, 0.25) is 5.88 Å². The van der Waals surface area contributed by atoms with Crippen molar-refractivity contribution in [1.29, 1.82) is 0 Å². The first-order valence-electron chi connectivity index (χ1n) is 10.9. The lowest BCUT2D eigenvalue weighted by Crippen LogP contribution is -2.16. The van der Waals surface area contributed by atoms with E-state index in [9.17, 15) is 4.79 Å². The van der Waals surface area contributed by atoms with Gasteiger partial charge in [0.1, 0.15) is 29.3 Å². The number of anilines is 1. The van der Waals surface area contributed by atoms with Crippen LogP contribution >= 0.6 is 0 Å². The van der Waals surface area contributed by atoms with Crippen LogP contribution in [0, 0.1) is 5.92 Å². The van der Waals surface area contributed by atoms with Gasteiger partial charge in [-0.25, -0.2) is 9.97 Å². The van der Waals surface area contributed by atoms with Crippen LogP contribution < -0.4 is 25.8 Å². The first-order valence-corrected chi connectivity index (χ1v) is 10.9. The first kappa shape index (κ1) is 22.5. The van der Waals surface area contributed by atoms with Crippen molar-refractivity contribution in [2.75, 3.05) is 32.1 Å². The fraction of sp³-hybridized carbons (Fsp3) is 0.391. The number of hydrogen-bond acceptors (Lipinski definition) is 8. The van der Waals surface area contributed by atoms with Gasteiger partial charge < -0.3 is 30.6 Å². The number of hydrogen-bond donors (Lipinski definition) is 3. The van der Waals surface area contributed by atoms with Crippen LogP contribution in [0.5, 0.6) is 17.4 Å². The van der Waals surface area contributed by atoms with Gasteiger partial charge >= 0.3 is 0 Å². The Morgan fingerprint density at radius 1 is 1.24 bits per heavy atom. The Balaban J connectivity index is 1.51. The van der Waals surface area contributed by atoms with Crippen molar-refractivity contribution in [2.45, 2.75) is 25.4 Å². The molecular formula is C23H28N6O4. The Hall–Kier alpha value is -3.66. The summed E-state index contributed by atoms with van der Waals surface area (Å²) in [5, 5.41) is 6.06. The van der Waals surface area contributed by atoms with Crippen molar-refractivity contribution in [3.05, 3.63) is 48.4 Å². The van der Waals surface area contributed by atoms with Gasteiger partial charge in [-0.3, -0.25) is 4.79 Å². The second-order valence-corrected chi connectivity index (χ2v) is 7.93. The number of carbonyl (C=O) groups is 1. The SMILES string of the molecule is CN/C=C\C(N)=NC(=O)c1cc(Oc2cnc(NCC3CC3)cn2)cc(O[C@H]2CCOC2)c1. The van der Waals surface area contributed by atoms with Gasteiger partial charge in [0.25, 0.3) is 5.91 Å². The molecule has 0 spiro atoms. The molecule has 2 fully saturated rings. The molecule has 2 aliphatic rings. The Bertz CT molecular complexity index is 1010. The van der Waals surface area contributed by atoms with Crippen LogP contribution in [0.25, 0.3) is 0 Å². The maximum absolute atomic E-state index is 12.7. The van der Waals surface area contributed by atoms with E-state index in [1.165, 1.54) is 25.1 Å². The fourth-order valence-electron chi connectivity index (χ4n) is 3.16. The summed E-state index contributed by atoms with van der Waals surface area (Å²) in [6.07, 6.45) is 9.45. The molecule has 174 valence electrons. The van der Waals surface area contributed by atoms with Crippen molar-refractivity contribution in [1.82, 2.24) is 15.3 Å². The van der Waals surface area contributed by atoms with Crippen molar-refractivity contribution in [3.63, 3.8) is 0 Å². The number of aromatic nitrogens is 2. The van der Waals surface area contributed by atoms with Gasteiger partial charge in [-0.2, -0.15) is 4.99 Å². The largest absolute Gasteiger partial charge is 0.488 e. The number of nitrogens with two attached hydrogens (primary N) is 1. The van der Waals surface area contributed by atoms with Gasteiger partial charge in [-0.15, -0.1) is 0 Å². The van der Waals surface area contributed by atoms with Crippen LogP contribution in [0.4, 0.5) is 5.82 Å². The second kappa shape index (κ2) is 10.8. The molecule has 2 heterocycles. The predicted molar refractivity (Wildman–Crippen MR) is 124 cm³/mol. The normalized spacial score (nSPS) is 18.3. The van der Waals surface area contributed by atoms with Crippen LogP contribution in [0.2, 0.25) is 0 Å². The zero-order valence-electron chi connectivity index (χ0n) is 18.5. The molecule has 0 radical (unpaired) electrons. The number of benzene rings is 1. The van der Waals surface area contributed by atoms with E-state index in [0.29, 0.717) is 36.4 Å². The Kier molecular flexibility index (Phi) is 7.36. The summed E-state index contributed by atoms with van der Waals surface area (Å²) in [6.45, 7) is 2.04. The molecule has 4 rings (SSSR count). The smallest absolute Gasteiger partial charge is 0.279 e. The molecule has 1 aromatic carbocycles. The number of rotatable bonds is 10. The van der Waals surface area contributed by atoms with Crippen molar-refractivity contribution >= 4 is 17.6 Å². The van der Waals surface area contributed by atoms with E-state index in [0.717, 1.165) is 18.9 Å². The van der Waals surface area contributed by atoms with Gasteiger partial charge in [-0.05, 0) is 43.2 Å². The molecule has 1 atom stereocenters. The third-order valence-corrected chi connectivity index (χ3v) is 5.09. The number of aliphatic imine (C=N–C) groups is 1. The van der Waals surface area contributed by atoms with Crippen LogP contribution in [-0.2, 0) is 4.74 Å². The predicted octanol–water partition coefficient (Wildman–Crippen LogP) is 2.49. The molecular weight excluding hydrogens is 424 g/mol. The van der Waals surface area contributed by atoms with Gasteiger partial charge in [0, 0.05) is 31.6 Å². The van der Waals surface area contributed by atoms with Crippen LogP contribution in [-0.4, -0.2) is 54.6 Å². The lowest BCUT2D eigenvalue weighted by atomic mass is 10.2. The highest BCUT2D eigenvalue weighted by atomic mass is 16.5. The maximum atomic E-state index is 12.7. The Morgan fingerprint density at radius 3 is 2.79 bits per heavy atom. The van der Waals surface area contributed by atoms with Crippen molar-refractivity contribution < 1.29 is 19.0 Å². The minimum absolute atomic E-state index is 0.0764. The van der Waals surface area contributed by atoms with E-state index in [1.54, 1.807) is 37.6 Å². The number of amides is 1. The summed E-state index contributed by atoms with van der Waals surface area (Å²) in [7, 11) is 1.72. The molecule has 1 aliphatic heterocycles. The molecule has 1 aliphatic carbocycles. The minimum Gasteiger partial charge on any atom is -0.488 e. The van der Waals surface area contributed by atoms with Crippen LogP contribution in [0.3, 0.4) is 0 Å². The highest BCUT2D eigenvalue weighted by Gasteiger charge is 2.21. The van der Waals surface area contributed by atoms with Crippen LogP contribution in [0.15, 0.2) is 47.9 Å². The van der Waals surface area contributed by atoms with E-state index in [1.807, 2.05) is 0 Å². The summed E-state index contributed by atoms with van der Waals surface area (Å²) >= 11 is 0. The van der Waals surface area contributed by atoms with Gasteiger partial charge in [-0.1, -0.05) is 0 Å². The summed E-state index contributed by atoms with van der Waals surface area (Å²) in [4.78, 5) is 25.3. The molecule has 1 saturated carbocycles. The number of carbonyl (C=O) groups excluding carboxylic acids is 1. The van der Waals surface area contributed by atoms with E-state index in [4.69, 9.17) is 19.9 Å². The summed E-state index contributed by atoms with van der Waals surface area (Å²) in [5.41, 5.74) is 6.07. The molecule has 0 bridgehead atoms. The number of amidine groups is 1. The Labute approximate surface area is 192 Å². The highest BCUT2D eigenvalue weighted by Crippen LogP contribution is 2.30. The molecule has 1 amide bonds. The van der Waals surface area contributed by atoms with Gasteiger partial charge in [0.15, 0.2) is 0 Å². The van der Waals surface area contributed by atoms with E-state index in [-0.39, 0.29) is 17.5 Å². The third-order valence-electron chi connectivity index (χ3n) is 5.09. The average molecular weight is 453 g/mol. The molecule has 4 N–H and O–H groups in total. The number of nitrogens with one attached hydrogen (secondary N) is 2. The quantitative estimate of drug-likeness (QED) is 0.367. The molecule has 10 heteroatoms. The highest BCUT2D eigenvalue weighted by molar-refractivity contribution is 6.06. The number of nitrogens with zero attached hydrogens (tertiary/aromatic N) is 3. The minimum atomic E-state index is -0.517. The van der Waals surface area contributed by atoms with E-state index in [2.05, 4.69) is 25.6 Å². The van der Waals surface area contributed by atoms with Crippen molar-refractivity contribution in [3.8, 4) is 17.4 Å². The lowest BCUT2D eigenvalue weighted by Gasteiger charge is -2.14. The van der Waals surface area contributed by atoms with E-state index >= 15 is 0 Å². The Morgan fingerprint density at radius 2 is 2.09 bits per heavy atom. The fourth-order valence-corrected chi connectivity index (χ4v) is 3.16. The monoisotopic (exact) mass is 452 g/mol. The zero-order valence-corrected chi connectivity index (χ0v) is 18.5. The molecule has 1 saturated heterocycles. The van der Waals surface area contributed by atoms with Gasteiger partial charge in [0.05, 0.1) is 25.6 Å². The molecule has 2 aromatic rings. The molecule has 1 aromatic heterocycles. The average Bonchev–Trinajstić information content (AvgIpc) is 3.51. The van der Waals surface area contributed by atoms with Crippen LogP contribution in [0.1, 0.15) is 29.6 Å². The first-order chi connectivity index (χ1) is 16.1. The maximum Gasteiger partial charge on any atom is 0.279 e. The summed E-state index contributed by atoms with van der Waals surface area (Å²) < 4.78 is 17.2.